The summed E-state index contributed by atoms with van der Waals surface area (Å²) in [6, 6.07) is 6.70. The molecule has 16 heteroatoms. The number of Topliss-reactive ketones (excluding diaryl/α,β-unsaturated/α-hetero) is 1. The molecule has 0 saturated heterocycles. The second-order valence-electron chi connectivity index (χ2n) is 8.63. The minimum absolute atomic E-state index is 0.0881. The van der Waals surface area contributed by atoms with Crippen LogP contribution in [0.3, 0.4) is 0 Å². The van der Waals surface area contributed by atoms with Gasteiger partial charge < -0.3 is 13.9 Å². The van der Waals surface area contributed by atoms with Crippen LogP contribution in [0, 0.1) is 6.01 Å². The van der Waals surface area contributed by atoms with E-state index in [2.05, 4.69) is 31.0 Å². The Balaban J connectivity index is 1.51. The molecule has 0 radical (unpaired) electrons. The number of fused-ring (bicyclic) bond motifs is 1. The average Bonchev–Trinajstić information content (AvgIpc) is 3.65. The summed E-state index contributed by atoms with van der Waals surface area (Å²) in [4.78, 5) is 21.2. The van der Waals surface area contributed by atoms with Crippen LogP contribution < -0.4 is 9.47 Å². The highest BCUT2D eigenvalue weighted by molar-refractivity contribution is 9.10. The van der Waals surface area contributed by atoms with Gasteiger partial charge in [-0.05, 0) is 47.1 Å². The normalized spacial score (nSPS) is 14.0. The van der Waals surface area contributed by atoms with Crippen molar-refractivity contribution in [1.29, 1.82) is 0 Å². The summed E-state index contributed by atoms with van der Waals surface area (Å²) in [5.74, 6) is -6.45. The van der Waals surface area contributed by atoms with E-state index in [9.17, 15) is 22.4 Å². The number of halogens is 7. The molecule has 0 aliphatic carbocycles. The first kappa shape index (κ1) is 26.9. The van der Waals surface area contributed by atoms with E-state index in [1.807, 2.05) is 0 Å². The third kappa shape index (κ3) is 5.99. The maximum absolute atomic E-state index is 16.2. The summed E-state index contributed by atoms with van der Waals surface area (Å²) in [6.07, 6.45) is -5.38. The lowest BCUT2D eigenvalue weighted by Gasteiger charge is -2.27. The number of alkyl halides is 5. The Morgan fingerprint density at radius 3 is 2.62 bits per heavy atom. The summed E-state index contributed by atoms with van der Waals surface area (Å²) in [7, 11) is 0. The third-order valence-electron chi connectivity index (χ3n) is 5.68. The summed E-state index contributed by atoms with van der Waals surface area (Å²) in [5, 5.41) is 3.55. The number of carbonyl (C=O) groups excluding carboxylic acids is 1. The van der Waals surface area contributed by atoms with Gasteiger partial charge in [0.2, 0.25) is 12.0 Å². The second kappa shape index (κ2) is 11.4. The van der Waals surface area contributed by atoms with Crippen molar-refractivity contribution < 1.29 is 47.8 Å². The fourth-order valence-corrected chi connectivity index (χ4v) is 5.79. The first-order valence-corrected chi connectivity index (χ1v) is 13.3. The summed E-state index contributed by atoms with van der Waals surface area (Å²) < 4.78 is 118. The molecule has 4 aromatic heterocycles. The van der Waals surface area contributed by atoms with E-state index in [-0.39, 0.29) is 20.4 Å². The van der Waals surface area contributed by atoms with Crippen LogP contribution >= 0.6 is 27.3 Å². The lowest BCUT2D eigenvalue weighted by Crippen LogP contribution is -2.42. The lowest BCUT2D eigenvalue weighted by atomic mass is 9.99. The molecule has 1 atom stereocenters. The molecule has 5 aromatic rings. The molecule has 0 amide bonds. The highest BCUT2D eigenvalue weighted by Gasteiger charge is 2.49. The number of benzene rings is 1. The molecule has 0 spiro atoms. The number of hydrogen-bond donors (Lipinski definition) is 0. The molecule has 42 heavy (non-hydrogen) atoms. The zero-order chi connectivity index (χ0) is 32.0. The fraction of sp³-hybridized carbons (Fsp3) is 0.231. The molecule has 4 heterocycles. The van der Waals surface area contributed by atoms with Crippen LogP contribution in [0.2, 0.25) is 0 Å². The van der Waals surface area contributed by atoms with Gasteiger partial charge in [-0.1, -0.05) is 12.1 Å². The highest BCUT2D eigenvalue weighted by atomic mass is 79.9. The summed E-state index contributed by atoms with van der Waals surface area (Å²) >= 11 is 4.32. The van der Waals surface area contributed by atoms with Crippen molar-refractivity contribution in [2.24, 2.45) is 0 Å². The standard InChI is InChI=1S/C26H17BrF6N4O4S/c1-13(38)22(41-23-19-20(27)21(17-6-7-18(28)40-17)42-24(19)35-12-34-23)26(32,33)15-4-2-3-5-16(15)39-10-14-8-9-36-37(14)11-25(29,30)31/h2-9,12,22H,10-11H2,1H3/i10D2. The van der Waals surface area contributed by atoms with Gasteiger partial charge in [0.25, 0.3) is 6.01 Å². The van der Waals surface area contributed by atoms with Crippen molar-refractivity contribution in [1.82, 2.24) is 19.7 Å². The van der Waals surface area contributed by atoms with E-state index in [1.54, 1.807) is 0 Å². The minimum Gasteiger partial charge on any atom is -0.487 e. The molecule has 1 unspecified atom stereocenters. The van der Waals surface area contributed by atoms with Crippen molar-refractivity contribution in [3.05, 3.63) is 76.7 Å². The Morgan fingerprint density at radius 2 is 1.93 bits per heavy atom. The number of aromatic nitrogens is 4. The number of nitrogens with zero attached hydrogens (tertiary/aromatic N) is 4. The van der Waals surface area contributed by atoms with Crippen LogP contribution in [-0.4, -0.2) is 37.8 Å². The number of hydrogen-bond acceptors (Lipinski definition) is 8. The number of para-hydroxylation sites is 1. The maximum atomic E-state index is 16.2. The first-order chi connectivity index (χ1) is 20.6. The van der Waals surface area contributed by atoms with Crippen LogP contribution in [0.5, 0.6) is 11.6 Å². The molecule has 220 valence electrons. The predicted octanol–water partition coefficient (Wildman–Crippen LogP) is 7.32. The van der Waals surface area contributed by atoms with Gasteiger partial charge >= 0.3 is 12.1 Å². The van der Waals surface area contributed by atoms with E-state index in [0.717, 1.165) is 55.1 Å². The van der Waals surface area contributed by atoms with Crippen molar-refractivity contribution >= 4 is 43.3 Å². The molecule has 5 rings (SSSR count). The Labute approximate surface area is 247 Å². The van der Waals surface area contributed by atoms with Crippen molar-refractivity contribution in [2.45, 2.75) is 38.2 Å². The van der Waals surface area contributed by atoms with Crippen LogP contribution in [0.15, 0.2) is 63.9 Å². The van der Waals surface area contributed by atoms with Crippen LogP contribution in [0.25, 0.3) is 20.9 Å². The van der Waals surface area contributed by atoms with Crippen molar-refractivity contribution in [3.63, 3.8) is 0 Å². The monoisotopic (exact) mass is 676 g/mol. The highest BCUT2D eigenvalue weighted by Crippen LogP contribution is 2.46. The van der Waals surface area contributed by atoms with Gasteiger partial charge in [0, 0.05) is 12.3 Å². The molecular formula is C26H17BrF6N4O4S. The van der Waals surface area contributed by atoms with Crippen LogP contribution in [0.4, 0.5) is 26.3 Å². The number of carbonyl (C=O) groups is 1. The molecule has 8 nitrogen and oxygen atoms in total. The van der Waals surface area contributed by atoms with E-state index < -0.39 is 66.0 Å². The summed E-state index contributed by atoms with van der Waals surface area (Å²) in [5.41, 5.74) is -1.68. The Bertz CT molecular complexity index is 1840. The quantitative estimate of drug-likeness (QED) is 0.143. The topological polar surface area (TPSA) is 92.3 Å². The molecule has 0 bridgehead atoms. The maximum Gasteiger partial charge on any atom is 0.408 e. The van der Waals surface area contributed by atoms with E-state index >= 15 is 8.78 Å². The fourth-order valence-electron chi connectivity index (χ4n) is 3.88. The average molecular weight is 677 g/mol. The number of ether oxygens (including phenoxy) is 2. The summed E-state index contributed by atoms with van der Waals surface area (Å²) in [6.45, 7) is -3.88. The number of furan rings is 1. The van der Waals surface area contributed by atoms with Crippen molar-refractivity contribution in [2.75, 3.05) is 0 Å². The van der Waals surface area contributed by atoms with Gasteiger partial charge in [0.15, 0.2) is 5.78 Å². The van der Waals surface area contributed by atoms with E-state index in [0.29, 0.717) is 9.56 Å². The van der Waals surface area contributed by atoms with E-state index in [1.165, 1.54) is 18.2 Å². The first-order valence-electron chi connectivity index (χ1n) is 12.7. The Morgan fingerprint density at radius 1 is 1.17 bits per heavy atom. The SMILES string of the molecule is [2H]C([2H])(Oc1ccccc1C(F)(F)C(Oc1ncnc2sc(-c3ccc(F)o3)c(Br)c12)C(C)=O)c1ccnn1CC(F)(F)F. The molecular weight excluding hydrogens is 658 g/mol. The molecule has 1 aromatic carbocycles. The molecule has 0 N–H and O–H groups in total. The van der Waals surface area contributed by atoms with Gasteiger partial charge in [-0.15, -0.1) is 11.3 Å². The third-order valence-corrected chi connectivity index (χ3v) is 7.85. The predicted molar refractivity (Wildman–Crippen MR) is 141 cm³/mol. The zero-order valence-corrected chi connectivity index (χ0v) is 23.4. The molecule has 0 saturated carbocycles. The minimum atomic E-state index is -4.76. The number of rotatable bonds is 10. The largest absolute Gasteiger partial charge is 0.487 e. The van der Waals surface area contributed by atoms with Crippen LogP contribution in [-0.2, 0) is 23.8 Å². The van der Waals surface area contributed by atoms with Crippen LogP contribution in [0.1, 0.15) is 20.9 Å². The Kier molecular flexibility index (Phi) is 7.31. The van der Waals surface area contributed by atoms with Gasteiger partial charge in [0.05, 0.1) is 28.7 Å². The number of ketones is 1. The lowest BCUT2D eigenvalue weighted by molar-refractivity contribution is -0.148. The molecule has 0 fully saturated rings. The van der Waals surface area contributed by atoms with E-state index in [4.69, 9.17) is 16.6 Å². The molecule has 0 aliphatic rings. The van der Waals surface area contributed by atoms with Gasteiger partial charge in [-0.3, -0.25) is 9.48 Å². The van der Waals surface area contributed by atoms with Gasteiger partial charge in [-0.2, -0.15) is 31.4 Å². The van der Waals surface area contributed by atoms with Gasteiger partial charge in [0.1, 0.15) is 35.8 Å². The number of thiophene rings is 1. The van der Waals surface area contributed by atoms with Crippen molar-refractivity contribution in [3.8, 4) is 22.3 Å². The second-order valence-corrected chi connectivity index (χ2v) is 10.4. The Hall–Kier alpha value is -3.92. The van der Waals surface area contributed by atoms with Gasteiger partial charge in [-0.25, -0.2) is 9.97 Å². The zero-order valence-electron chi connectivity index (χ0n) is 23.0. The molecule has 0 aliphatic heterocycles. The smallest absolute Gasteiger partial charge is 0.408 e.